The topological polar surface area (TPSA) is 103 Å². The normalized spacial score (nSPS) is 11.3. The molecule has 7 heteroatoms. The summed E-state index contributed by atoms with van der Waals surface area (Å²) in [6.07, 6.45) is 0. The van der Waals surface area contributed by atoms with Gasteiger partial charge in [-0.25, -0.2) is 14.4 Å². The second-order valence-electron chi connectivity index (χ2n) is 5.83. The predicted octanol–water partition coefficient (Wildman–Crippen LogP) is 2.21. The Morgan fingerprint density at radius 3 is 2.52 bits per heavy atom. The summed E-state index contributed by atoms with van der Waals surface area (Å²) in [5, 5.41) is 9.07. The lowest BCUT2D eigenvalue weighted by molar-refractivity contribution is -0.139. The maximum Gasteiger partial charge on any atom is 0.351 e. The van der Waals surface area contributed by atoms with E-state index in [1.807, 2.05) is 0 Å². The molecule has 0 saturated carbocycles. The fourth-order valence-electron chi connectivity index (χ4n) is 1.80. The van der Waals surface area contributed by atoms with E-state index >= 15 is 0 Å². The van der Waals surface area contributed by atoms with Crippen LogP contribution in [0, 0.1) is 0 Å². The van der Waals surface area contributed by atoms with E-state index in [1.54, 1.807) is 26.8 Å². The fourth-order valence-corrected chi connectivity index (χ4v) is 1.80. The van der Waals surface area contributed by atoms with Gasteiger partial charge in [0.05, 0.1) is 0 Å². The summed E-state index contributed by atoms with van der Waals surface area (Å²) in [6.45, 7) is 4.57. The molecule has 0 spiro atoms. The number of carbonyl (C=O) groups is 2. The first-order chi connectivity index (χ1) is 10.7. The van der Waals surface area contributed by atoms with Gasteiger partial charge in [0.2, 0.25) is 0 Å². The SMILES string of the molecule is CC(C)(C)OC(=O)c1cc2ccc(OCC(=O)O)cc2oc1=O. The molecule has 0 bridgehead atoms. The van der Waals surface area contributed by atoms with Crippen molar-refractivity contribution in [3.05, 3.63) is 40.2 Å². The number of esters is 1. The number of carbonyl (C=O) groups excluding carboxylic acids is 1. The smallest absolute Gasteiger partial charge is 0.351 e. The van der Waals surface area contributed by atoms with Crippen molar-refractivity contribution in [2.24, 2.45) is 0 Å². The van der Waals surface area contributed by atoms with E-state index in [9.17, 15) is 14.4 Å². The van der Waals surface area contributed by atoms with Crippen molar-refractivity contribution in [2.45, 2.75) is 26.4 Å². The molecule has 7 nitrogen and oxygen atoms in total. The zero-order valence-corrected chi connectivity index (χ0v) is 12.9. The Morgan fingerprint density at radius 2 is 1.91 bits per heavy atom. The molecule has 0 radical (unpaired) electrons. The van der Waals surface area contributed by atoms with Gasteiger partial charge >= 0.3 is 17.6 Å². The van der Waals surface area contributed by atoms with Crippen molar-refractivity contribution < 1.29 is 28.6 Å². The minimum Gasteiger partial charge on any atom is -0.482 e. The van der Waals surface area contributed by atoms with Gasteiger partial charge in [0.25, 0.3) is 0 Å². The average Bonchev–Trinajstić information content (AvgIpc) is 2.42. The van der Waals surface area contributed by atoms with Gasteiger partial charge in [-0.3, -0.25) is 0 Å². The van der Waals surface area contributed by atoms with Crippen molar-refractivity contribution >= 4 is 22.9 Å². The lowest BCUT2D eigenvalue weighted by Crippen LogP contribution is -2.27. The number of hydrogen-bond acceptors (Lipinski definition) is 6. The van der Waals surface area contributed by atoms with Gasteiger partial charge in [-0.05, 0) is 39.0 Å². The Hall–Kier alpha value is -2.83. The summed E-state index contributed by atoms with van der Waals surface area (Å²) in [6, 6.07) is 5.84. The van der Waals surface area contributed by atoms with Crippen LogP contribution < -0.4 is 10.4 Å². The van der Waals surface area contributed by atoms with Crippen LogP contribution in [0.5, 0.6) is 5.75 Å². The second kappa shape index (κ2) is 6.12. The Kier molecular flexibility index (Phi) is 4.40. The highest BCUT2D eigenvalue weighted by atomic mass is 16.6. The van der Waals surface area contributed by atoms with Crippen LogP contribution in [0.1, 0.15) is 31.1 Å². The zero-order chi connectivity index (χ0) is 17.2. The standard InChI is InChI=1S/C16H16O7/c1-16(2,3)23-15(20)11-6-9-4-5-10(21-8-13(17)18)7-12(9)22-14(11)19/h4-7H,8H2,1-3H3,(H,17,18). The number of rotatable bonds is 4. The first-order valence-corrected chi connectivity index (χ1v) is 6.81. The number of hydrogen-bond donors (Lipinski definition) is 1. The number of carboxylic acid groups (broad SMARTS) is 1. The third kappa shape index (κ3) is 4.32. The highest BCUT2D eigenvalue weighted by Crippen LogP contribution is 2.21. The van der Waals surface area contributed by atoms with Gasteiger partial charge in [0.1, 0.15) is 22.5 Å². The molecule has 0 aliphatic heterocycles. The molecule has 2 aromatic rings. The van der Waals surface area contributed by atoms with E-state index in [0.29, 0.717) is 5.39 Å². The summed E-state index contributed by atoms with van der Waals surface area (Å²) < 4.78 is 15.3. The van der Waals surface area contributed by atoms with Gasteiger partial charge < -0.3 is 19.0 Å². The summed E-state index contributed by atoms with van der Waals surface area (Å²) in [7, 11) is 0. The monoisotopic (exact) mass is 320 g/mol. The van der Waals surface area contributed by atoms with Crippen LogP contribution in [0.25, 0.3) is 11.0 Å². The largest absolute Gasteiger partial charge is 0.482 e. The molecule has 1 N–H and O–H groups in total. The first kappa shape index (κ1) is 16.5. The van der Waals surface area contributed by atoms with Gasteiger partial charge in [-0.2, -0.15) is 0 Å². The molecule has 1 aromatic heterocycles. The van der Waals surface area contributed by atoms with E-state index in [0.717, 1.165) is 0 Å². The Labute approximate surface area is 131 Å². The van der Waals surface area contributed by atoms with Crippen molar-refractivity contribution in [3.8, 4) is 5.75 Å². The van der Waals surface area contributed by atoms with E-state index in [4.69, 9.17) is 19.0 Å². The summed E-state index contributed by atoms with van der Waals surface area (Å²) in [5.74, 6) is -1.64. The van der Waals surface area contributed by atoms with Crippen molar-refractivity contribution in [1.82, 2.24) is 0 Å². The van der Waals surface area contributed by atoms with Crippen LogP contribution >= 0.6 is 0 Å². The van der Waals surface area contributed by atoms with E-state index < -0.39 is 29.8 Å². The van der Waals surface area contributed by atoms with E-state index in [-0.39, 0.29) is 16.9 Å². The molecule has 0 unspecified atom stereocenters. The molecule has 0 aliphatic rings. The number of benzene rings is 1. The molecule has 0 atom stereocenters. The molecule has 0 fully saturated rings. The molecule has 1 heterocycles. The number of fused-ring (bicyclic) bond motifs is 1. The van der Waals surface area contributed by atoms with Gasteiger partial charge in [-0.15, -0.1) is 0 Å². The average molecular weight is 320 g/mol. The molecular weight excluding hydrogens is 304 g/mol. The Morgan fingerprint density at radius 1 is 1.22 bits per heavy atom. The number of carboxylic acids is 1. The molecule has 0 aliphatic carbocycles. The number of ether oxygens (including phenoxy) is 2. The molecule has 1 aromatic carbocycles. The molecule has 2 rings (SSSR count). The maximum absolute atomic E-state index is 12.0. The molecular formula is C16H16O7. The zero-order valence-electron chi connectivity index (χ0n) is 12.9. The third-order valence-electron chi connectivity index (χ3n) is 2.69. The minimum atomic E-state index is -1.12. The molecule has 122 valence electrons. The van der Waals surface area contributed by atoms with Crippen molar-refractivity contribution in [1.29, 1.82) is 0 Å². The second-order valence-corrected chi connectivity index (χ2v) is 5.83. The highest BCUT2D eigenvalue weighted by Gasteiger charge is 2.21. The highest BCUT2D eigenvalue weighted by molar-refractivity contribution is 5.93. The molecule has 23 heavy (non-hydrogen) atoms. The Balaban J connectivity index is 2.35. The first-order valence-electron chi connectivity index (χ1n) is 6.81. The van der Waals surface area contributed by atoms with Gasteiger partial charge in [-0.1, -0.05) is 0 Å². The van der Waals surface area contributed by atoms with Crippen LogP contribution in [-0.4, -0.2) is 29.3 Å². The third-order valence-corrected chi connectivity index (χ3v) is 2.69. The quantitative estimate of drug-likeness (QED) is 0.680. The lowest BCUT2D eigenvalue weighted by Gasteiger charge is -2.19. The van der Waals surface area contributed by atoms with E-state index in [2.05, 4.69) is 0 Å². The van der Waals surface area contributed by atoms with Crippen LogP contribution in [0.2, 0.25) is 0 Å². The molecule has 0 saturated heterocycles. The summed E-state index contributed by atoms with van der Waals surface area (Å²) >= 11 is 0. The summed E-state index contributed by atoms with van der Waals surface area (Å²) in [5.41, 5.74) is -1.58. The predicted molar refractivity (Wildman–Crippen MR) is 80.8 cm³/mol. The van der Waals surface area contributed by atoms with Gasteiger partial charge in [0.15, 0.2) is 6.61 Å². The lowest BCUT2D eigenvalue weighted by atomic mass is 10.1. The van der Waals surface area contributed by atoms with Gasteiger partial charge in [0, 0.05) is 11.5 Å². The maximum atomic E-state index is 12.0. The van der Waals surface area contributed by atoms with Crippen LogP contribution in [0.4, 0.5) is 0 Å². The summed E-state index contributed by atoms with van der Waals surface area (Å²) in [4.78, 5) is 34.4. The Bertz CT molecular complexity index is 811. The van der Waals surface area contributed by atoms with Crippen LogP contribution in [0.15, 0.2) is 33.5 Å². The molecule has 0 amide bonds. The van der Waals surface area contributed by atoms with Crippen molar-refractivity contribution in [2.75, 3.05) is 6.61 Å². The van der Waals surface area contributed by atoms with Crippen LogP contribution in [0.3, 0.4) is 0 Å². The number of aliphatic carboxylic acids is 1. The van der Waals surface area contributed by atoms with Crippen LogP contribution in [-0.2, 0) is 9.53 Å². The van der Waals surface area contributed by atoms with Crippen molar-refractivity contribution in [3.63, 3.8) is 0 Å². The fraction of sp³-hybridized carbons (Fsp3) is 0.312. The minimum absolute atomic E-state index is 0.185. The van der Waals surface area contributed by atoms with E-state index in [1.165, 1.54) is 18.2 Å².